The fraction of sp³-hybridized carbons (Fsp3) is 0.385. The average Bonchev–Trinajstić information content (AvgIpc) is 2.37. The number of nitrogens with one attached hydrogen (secondary N) is 2. The molecule has 0 aromatic heterocycles. The van der Waals surface area contributed by atoms with Crippen LogP contribution in [0.3, 0.4) is 0 Å². The van der Waals surface area contributed by atoms with Gasteiger partial charge in [-0.3, -0.25) is 9.59 Å². The van der Waals surface area contributed by atoms with Crippen molar-refractivity contribution < 1.29 is 9.59 Å². The highest BCUT2D eigenvalue weighted by Crippen LogP contribution is 2.01. The number of likely N-dealkylation sites (N-methyl/N-ethyl adjacent to an activating group) is 1. The standard InChI is InChI=1S/C13H19N3O2.ClH/c1-2-15-12(17)9-16-13(18)11(14)8-10-6-4-3-5-7-10;/h3-7,11H,2,8-9,14H2,1H3,(H,15,17)(H,16,18);1H. The second kappa shape index (κ2) is 9.35. The van der Waals surface area contributed by atoms with E-state index >= 15 is 0 Å². The first-order valence-electron chi connectivity index (χ1n) is 5.97. The SMILES string of the molecule is CCNC(=O)CNC(=O)C(N)Cc1ccccc1.Cl. The van der Waals surface area contributed by atoms with Gasteiger partial charge in [-0.2, -0.15) is 0 Å². The van der Waals surface area contributed by atoms with Gasteiger partial charge in [0.15, 0.2) is 0 Å². The summed E-state index contributed by atoms with van der Waals surface area (Å²) in [6, 6.07) is 8.89. The number of rotatable bonds is 6. The van der Waals surface area contributed by atoms with E-state index in [4.69, 9.17) is 5.73 Å². The van der Waals surface area contributed by atoms with Crippen molar-refractivity contribution in [3.8, 4) is 0 Å². The Balaban J connectivity index is 0.00000324. The number of benzene rings is 1. The van der Waals surface area contributed by atoms with Crippen LogP contribution in [0.5, 0.6) is 0 Å². The lowest BCUT2D eigenvalue weighted by Gasteiger charge is -2.12. The van der Waals surface area contributed by atoms with Crippen molar-refractivity contribution in [3.05, 3.63) is 35.9 Å². The van der Waals surface area contributed by atoms with E-state index in [1.807, 2.05) is 37.3 Å². The van der Waals surface area contributed by atoms with Crippen molar-refractivity contribution >= 4 is 24.2 Å². The minimum absolute atomic E-state index is 0. The molecule has 19 heavy (non-hydrogen) atoms. The Morgan fingerprint density at radius 2 is 1.84 bits per heavy atom. The minimum atomic E-state index is -0.637. The highest BCUT2D eigenvalue weighted by molar-refractivity contribution is 5.87. The molecule has 1 unspecified atom stereocenters. The number of hydrogen-bond acceptors (Lipinski definition) is 3. The third kappa shape index (κ3) is 6.79. The van der Waals surface area contributed by atoms with Gasteiger partial charge < -0.3 is 16.4 Å². The molecule has 1 aromatic carbocycles. The molecule has 0 aliphatic rings. The second-order valence-electron chi connectivity index (χ2n) is 3.97. The molecule has 1 aromatic rings. The summed E-state index contributed by atoms with van der Waals surface area (Å²) in [6.45, 7) is 2.33. The highest BCUT2D eigenvalue weighted by atomic mass is 35.5. The van der Waals surface area contributed by atoms with Crippen LogP contribution in [0, 0.1) is 0 Å². The molecule has 0 aliphatic carbocycles. The number of amides is 2. The smallest absolute Gasteiger partial charge is 0.239 e. The summed E-state index contributed by atoms with van der Waals surface area (Å²) in [4.78, 5) is 22.8. The molecule has 4 N–H and O–H groups in total. The first-order valence-corrected chi connectivity index (χ1v) is 5.97. The van der Waals surface area contributed by atoms with E-state index in [9.17, 15) is 9.59 Å². The molecule has 1 atom stereocenters. The Morgan fingerprint density at radius 1 is 1.21 bits per heavy atom. The van der Waals surface area contributed by atoms with Crippen LogP contribution < -0.4 is 16.4 Å². The first-order chi connectivity index (χ1) is 8.63. The predicted molar refractivity (Wildman–Crippen MR) is 77.1 cm³/mol. The van der Waals surface area contributed by atoms with Gasteiger partial charge in [0.25, 0.3) is 0 Å². The summed E-state index contributed by atoms with van der Waals surface area (Å²) < 4.78 is 0. The molecule has 0 heterocycles. The highest BCUT2D eigenvalue weighted by Gasteiger charge is 2.14. The van der Waals surface area contributed by atoms with E-state index < -0.39 is 6.04 Å². The number of nitrogens with two attached hydrogens (primary N) is 1. The van der Waals surface area contributed by atoms with E-state index in [-0.39, 0.29) is 30.8 Å². The minimum Gasteiger partial charge on any atom is -0.355 e. The molecular formula is C13H20ClN3O2. The number of hydrogen-bond donors (Lipinski definition) is 3. The summed E-state index contributed by atoms with van der Waals surface area (Å²) in [7, 11) is 0. The molecule has 0 saturated carbocycles. The molecule has 1 rings (SSSR count). The summed E-state index contributed by atoms with van der Waals surface area (Å²) in [5.74, 6) is -0.525. The average molecular weight is 286 g/mol. The van der Waals surface area contributed by atoms with Crippen LogP contribution >= 0.6 is 12.4 Å². The van der Waals surface area contributed by atoms with Crippen molar-refractivity contribution in [2.24, 2.45) is 5.73 Å². The summed E-state index contributed by atoms with van der Waals surface area (Å²) in [5.41, 5.74) is 6.76. The maximum absolute atomic E-state index is 11.6. The Hall–Kier alpha value is -1.59. The lowest BCUT2D eigenvalue weighted by molar-refractivity contribution is -0.126. The third-order valence-electron chi connectivity index (χ3n) is 2.43. The van der Waals surface area contributed by atoms with Crippen molar-refractivity contribution in [1.29, 1.82) is 0 Å². The van der Waals surface area contributed by atoms with Gasteiger partial charge >= 0.3 is 0 Å². The van der Waals surface area contributed by atoms with Crippen molar-refractivity contribution in [2.45, 2.75) is 19.4 Å². The largest absolute Gasteiger partial charge is 0.355 e. The molecule has 0 aliphatic heterocycles. The molecule has 2 amide bonds. The first kappa shape index (κ1) is 17.4. The van der Waals surface area contributed by atoms with Crippen molar-refractivity contribution in [1.82, 2.24) is 10.6 Å². The Bertz CT molecular complexity index is 398. The van der Waals surface area contributed by atoms with Gasteiger partial charge in [-0.25, -0.2) is 0 Å². The summed E-state index contributed by atoms with van der Waals surface area (Å²) in [5, 5.41) is 5.11. The maximum atomic E-state index is 11.6. The summed E-state index contributed by atoms with van der Waals surface area (Å²) >= 11 is 0. The molecule has 0 radical (unpaired) electrons. The Kier molecular flexibility index (Phi) is 8.57. The van der Waals surface area contributed by atoms with Gasteiger partial charge in [-0.1, -0.05) is 30.3 Å². The van der Waals surface area contributed by atoms with Crippen LogP contribution in [0.4, 0.5) is 0 Å². The summed E-state index contributed by atoms with van der Waals surface area (Å²) in [6.07, 6.45) is 0.460. The Labute approximate surface area is 119 Å². The van der Waals surface area contributed by atoms with Crippen LogP contribution in [0.2, 0.25) is 0 Å². The quantitative estimate of drug-likeness (QED) is 0.700. The number of carbonyl (C=O) groups is 2. The predicted octanol–water partition coefficient (Wildman–Crippen LogP) is 0.231. The maximum Gasteiger partial charge on any atom is 0.239 e. The number of carbonyl (C=O) groups excluding carboxylic acids is 2. The second-order valence-corrected chi connectivity index (χ2v) is 3.97. The molecule has 0 fully saturated rings. The van der Waals surface area contributed by atoms with Crippen LogP contribution in [0.15, 0.2) is 30.3 Å². The zero-order chi connectivity index (χ0) is 13.4. The van der Waals surface area contributed by atoms with Gasteiger partial charge in [0.05, 0.1) is 12.6 Å². The molecule has 0 spiro atoms. The molecule has 106 valence electrons. The zero-order valence-electron chi connectivity index (χ0n) is 10.9. The molecule has 5 nitrogen and oxygen atoms in total. The van der Waals surface area contributed by atoms with Crippen LogP contribution in [0.25, 0.3) is 0 Å². The van der Waals surface area contributed by atoms with Crippen molar-refractivity contribution in [2.75, 3.05) is 13.1 Å². The monoisotopic (exact) mass is 285 g/mol. The van der Waals surface area contributed by atoms with Gasteiger partial charge in [0.2, 0.25) is 11.8 Å². The fourth-order valence-electron chi connectivity index (χ4n) is 1.52. The third-order valence-corrected chi connectivity index (χ3v) is 2.43. The molecule has 0 saturated heterocycles. The topological polar surface area (TPSA) is 84.2 Å². The fourth-order valence-corrected chi connectivity index (χ4v) is 1.52. The molecule has 6 heteroatoms. The van der Waals surface area contributed by atoms with Crippen LogP contribution in [-0.4, -0.2) is 30.9 Å². The normalized spacial score (nSPS) is 11.1. The van der Waals surface area contributed by atoms with Gasteiger partial charge in [-0.15, -0.1) is 12.4 Å². The van der Waals surface area contributed by atoms with Gasteiger partial charge in [0.1, 0.15) is 0 Å². The van der Waals surface area contributed by atoms with E-state index in [0.717, 1.165) is 5.56 Å². The molecular weight excluding hydrogens is 266 g/mol. The van der Waals surface area contributed by atoms with E-state index in [1.165, 1.54) is 0 Å². The van der Waals surface area contributed by atoms with Gasteiger partial charge in [0, 0.05) is 6.54 Å². The van der Waals surface area contributed by atoms with E-state index in [0.29, 0.717) is 13.0 Å². The molecule has 0 bridgehead atoms. The lowest BCUT2D eigenvalue weighted by Crippen LogP contribution is -2.45. The van der Waals surface area contributed by atoms with Crippen molar-refractivity contribution in [3.63, 3.8) is 0 Å². The zero-order valence-corrected chi connectivity index (χ0v) is 11.7. The number of halogens is 1. The van der Waals surface area contributed by atoms with Crippen LogP contribution in [0.1, 0.15) is 12.5 Å². The Morgan fingerprint density at radius 3 is 2.42 bits per heavy atom. The van der Waals surface area contributed by atoms with Gasteiger partial charge in [-0.05, 0) is 18.9 Å². The van der Waals surface area contributed by atoms with Crippen LogP contribution in [-0.2, 0) is 16.0 Å². The lowest BCUT2D eigenvalue weighted by atomic mass is 10.1. The van der Waals surface area contributed by atoms with E-state index in [2.05, 4.69) is 10.6 Å². The van der Waals surface area contributed by atoms with E-state index in [1.54, 1.807) is 0 Å².